The molecule has 1 aliphatic heterocycles. The summed E-state index contributed by atoms with van der Waals surface area (Å²) in [7, 11) is 0. The van der Waals surface area contributed by atoms with Gasteiger partial charge in [0, 0.05) is 18.7 Å². The van der Waals surface area contributed by atoms with Crippen LogP contribution in [0.25, 0.3) is 0 Å². The van der Waals surface area contributed by atoms with Crippen LogP contribution in [0.1, 0.15) is 32.8 Å². The second-order valence-corrected chi connectivity index (χ2v) is 6.37. The summed E-state index contributed by atoms with van der Waals surface area (Å²) in [5.74, 6) is 0.277. The molecule has 3 nitrogen and oxygen atoms in total. The van der Waals surface area contributed by atoms with Gasteiger partial charge in [0.25, 0.3) is 0 Å². The Morgan fingerprint density at radius 1 is 1.30 bits per heavy atom. The summed E-state index contributed by atoms with van der Waals surface area (Å²) in [6.07, 6.45) is 3.38. The van der Waals surface area contributed by atoms with Crippen LogP contribution in [0.15, 0.2) is 35.9 Å². The smallest absolute Gasteiger partial charge is 0.227 e. The first-order valence-corrected chi connectivity index (χ1v) is 7.12. The van der Waals surface area contributed by atoms with Gasteiger partial charge in [0.1, 0.15) is 5.75 Å². The second-order valence-electron chi connectivity index (χ2n) is 6.37. The Balaban J connectivity index is 1.99. The maximum atomic E-state index is 12.3. The summed E-state index contributed by atoms with van der Waals surface area (Å²) in [5.41, 5.74) is 2.31. The van der Waals surface area contributed by atoms with Crippen molar-refractivity contribution in [3.05, 3.63) is 41.5 Å². The van der Waals surface area contributed by atoms with Gasteiger partial charge in [-0.25, -0.2) is 0 Å². The molecule has 2 rings (SSSR count). The van der Waals surface area contributed by atoms with Gasteiger partial charge < -0.3 is 10.0 Å². The molecule has 1 aliphatic rings. The Labute approximate surface area is 120 Å². The molecule has 0 spiro atoms. The van der Waals surface area contributed by atoms with Gasteiger partial charge in [-0.2, -0.15) is 0 Å². The normalized spacial score (nSPS) is 15.9. The van der Waals surface area contributed by atoms with Gasteiger partial charge in [0.2, 0.25) is 5.91 Å². The Hall–Kier alpha value is -1.77. The highest BCUT2D eigenvalue weighted by Gasteiger charge is 2.23. The minimum absolute atomic E-state index is 0.0794. The fraction of sp³-hybridized carbons (Fsp3) is 0.471. The molecule has 0 bridgehead atoms. The quantitative estimate of drug-likeness (QED) is 0.841. The van der Waals surface area contributed by atoms with Gasteiger partial charge in [-0.3, -0.25) is 4.79 Å². The molecule has 0 aliphatic carbocycles. The van der Waals surface area contributed by atoms with Crippen molar-refractivity contribution in [3.63, 3.8) is 0 Å². The number of carbonyl (C=O) groups excluding carboxylic acids is 1. The van der Waals surface area contributed by atoms with Gasteiger partial charge >= 0.3 is 0 Å². The van der Waals surface area contributed by atoms with Crippen LogP contribution < -0.4 is 0 Å². The highest BCUT2D eigenvalue weighted by molar-refractivity contribution is 5.79. The zero-order chi connectivity index (χ0) is 14.8. The molecule has 0 saturated carbocycles. The van der Waals surface area contributed by atoms with Crippen molar-refractivity contribution in [3.8, 4) is 5.75 Å². The summed E-state index contributed by atoms with van der Waals surface area (Å²) in [6, 6.07) is 7.03. The second kappa shape index (κ2) is 5.70. The molecule has 0 saturated heterocycles. The van der Waals surface area contributed by atoms with Crippen molar-refractivity contribution in [2.24, 2.45) is 5.41 Å². The molecule has 0 atom stereocenters. The fourth-order valence-electron chi connectivity index (χ4n) is 2.51. The van der Waals surface area contributed by atoms with Crippen molar-refractivity contribution in [1.82, 2.24) is 4.90 Å². The standard InChI is InChI=1S/C17H23NO2/c1-17(2,3)14-8-10-18(11-9-14)16(20)12-13-6-4-5-7-15(13)19/h4-8,19H,9-12H2,1-3H3. The molecule has 1 amide bonds. The first-order valence-electron chi connectivity index (χ1n) is 7.12. The van der Waals surface area contributed by atoms with Crippen molar-refractivity contribution in [2.75, 3.05) is 13.1 Å². The zero-order valence-corrected chi connectivity index (χ0v) is 12.5. The van der Waals surface area contributed by atoms with Gasteiger partial charge in [0.05, 0.1) is 6.42 Å². The zero-order valence-electron chi connectivity index (χ0n) is 12.5. The number of aromatic hydroxyl groups is 1. The average molecular weight is 273 g/mol. The lowest BCUT2D eigenvalue weighted by molar-refractivity contribution is -0.130. The van der Waals surface area contributed by atoms with Crippen LogP contribution in [0.5, 0.6) is 5.75 Å². The monoisotopic (exact) mass is 273 g/mol. The van der Waals surface area contributed by atoms with E-state index in [2.05, 4.69) is 26.8 Å². The molecule has 1 aromatic rings. The molecular formula is C17H23NO2. The highest BCUT2D eigenvalue weighted by atomic mass is 16.3. The van der Waals surface area contributed by atoms with Crippen molar-refractivity contribution in [2.45, 2.75) is 33.6 Å². The van der Waals surface area contributed by atoms with Crippen molar-refractivity contribution >= 4 is 5.91 Å². The third-order valence-electron chi connectivity index (χ3n) is 3.86. The summed E-state index contributed by atoms with van der Waals surface area (Å²) < 4.78 is 0. The van der Waals surface area contributed by atoms with E-state index in [9.17, 15) is 9.90 Å². The molecule has 0 unspecified atom stereocenters. The SMILES string of the molecule is CC(C)(C)C1=CCN(C(=O)Cc2ccccc2O)CC1. The number of hydrogen-bond acceptors (Lipinski definition) is 2. The van der Waals surface area contributed by atoms with E-state index < -0.39 is 0 Å². The Kier molecular flexibility index (Phi) is 4.17. The number of carbonyl (C=O) groups is 1. The van der Waals surface area contributed by atoms with E-state index in [1.807, 2.05) is 11.0 Å². The van der Waals surface area contributed by atoms with E-state index in [1.165, 1.54) is 5.57 Å². The van der Waals surface area contributed by atoms with Gasteiger partial charge in [0.15, 0.2) is 0 Å². The van der Waals surface area contributed by atoms with Crippen molar-refractivity contribution < 1.29 is 9.90 Å². The third kappa shape index (κ3) is 3.41. The van der Waals surface area contributed by atoms with Crippen molar-refractivity contribution in [1.29, 1.82) is 0 Å². The lowest BCUT2D eigenvalue weighted by atomic mass is 9.83. The Bertz CT molecular complexity index is 526. The number of hydrogen-bond donors (Lipinski definition) is 1. The topological polar surface area (TPSA) is 40.5 Å². The predicted octanol–water partition coefficient (Wildman–Crippen LogP) is 3.14. The number of nitrogens with zero attached hydrogens (tertiary/aromatic N) is 1. The maximum absolute atomic E-state index is 12.3. The first-order chi connectivity index (χ1) is 9.38. The van der Waals surface area contributed by atoms with Gasteiger partial charge in [-0.15, -0.1) is 0 Å². The molecule has 1 aromatic carbocycles. The largest absolute Gasteiger partial charge is 0.508 e. The minimum atomic E-state index is 0.0794. The molecule has 0 radical (unpaired) electrons. The van der Waals surface area contributed by atoms with Gasteiger partial charge in [-0.05, 0) is 17.9 Å². The number of phenols is 1. The van der Waals surface area contributed by atoms with Crippen LogP contribution in [0.3, 0.4) is 0 Å². The number of benzene rings is 1. The molecule has 0 aromatic heterocycles. The first kappa shape index (κ1) is 14.6. The lowest BCUT2D eigenvalue weighted by Gasteiger charge is -2.32. The average Bonchev–Trinajstić information content (AvgIpc) is 2.40. The number of rotatable bonds is 2. The summed E-state index contributed by atoms with van der Waals surface area (Å²) >= 11 is 0. The summed E-state index contributed by atoms with van der Waals surface area (Å²) in [4.78, 5) is 14.1. The minimum Gasteiger partial charge on any atom is -0.508 e. The molecular weight excluding hydrogens is 250 g/mol. The molecule has 1 N–H and O–H groups in total. The number of para-hydroxylation sites is 1. The van der Waals surface area contributed by atoms with E-state index in [0.717, 1.165) is 13.0 Å². The van der Waals surface area contributed by atoms with E-state index in [1.54, 1.807) is 18.2 Å². The lowest BCUT2D eigenvalue weighted by Crippen LogP contribution is -2.37. The Morgan fingerprint density at radius 3 is 2.55 bits per heavy atom. The van der Waals surface area contributed by atoms with Crippen LogP contribution in [0.2, 0.25) is 0 Å². The molecule has 0 fully saturated rings. The maximum Gasteiger partial charge on any atom is 0.227 e. The van der Waals surface area contributed by atoms with Crippen LogP contribution in [-0.4, -0.2) is 29.0 Å². The predicted molar refractivity (Wildman–Crippen MR) is 80.5 cm³/mol. The van der Waals surface area contributed by atoms with Crippen LogP contribution in [0.4, 0.5) is 0 Å². The van der Waals surface area contributed by atoms with E-state index in [4.69, 9.17) is 0 Å². The summed E-state index contributed by atoms with van der Waals surface area (Å²) in [6.45, 7) is 8.07. The molecule has 108 valence electrons. The van der Waals surface area contributed by atoms with Crippen LogP contribution in [-0.2, 0) is 11.2 Å². The van der Waals surface area contributed by atoms with E-state index in [-0.39, 0.29) is 23.5 Å². The molecule has 3 heteroatoms. The summed E-state index contributed by atoms with van der Waals surface area (Å²) in [5, 5.41) is 9.72. The van der Waals surface area contributed by atoms with E-state index in [0.29, 0.717) is 12.1 Å². The highest BCUT2D eigenvalue weighted by Crippen LogP contribution is 2.30. The third-order valence-corrected chi connectivity index (χ3v) is 3.86. The Morgan fingerprint density at radius 2 is 2.00 bits per heavy atom. The van der Waals surface area contributed by atoms with Crippen LogP contribution in [0, 0.1) is 5.41 Å². The number of phenolic OH excluding ortho intramolecular Hbond substituents is 1. The number of amides is 1. The fourth-order valence-corrected chi connectivity index (χ4v) is 2.51. The van der Waals surface area contributed by atoms with Gasteiger partial charge in [-0.1, -0.05) is 50.6 Å². The molecule has 1 heterocycles. The van der Waals surface area contributed by atoms with Crippen LogP contribution >= 0.6 is 0 Å². The van der Waals surface area contributed by atoms with E-state index >= 15 is 0 Å². The molecule has 20 heavy (non-hydrogen) atoms.